The molecule has 2 aliphatic rings. The van der Waals surface area contributed by atoms with Gasteiger partial charge in [0, 0.05) is 42.8 Å². The van der Waals surface area contributed by atoms with Crippen molar-refractivity contribution in [1.82, 2.24) is 15.5 Å². The summed E-state index contributed by atoms with van der Waals surface area (Å²) in [6.07, 6.45) is 4.72. The Labute approximate surface area is 194 Å². The predicted octanol–water partition coefficient (Wildman–Crippen LogP) is 3.63. The lowest BCUT2D eigenvalue weighted by Gasteiger charge is -2.32. The van der Waals surface area contributed by atoms with E-state index < -0.39 is 0 Å². The first-order valence-corrected chi connectivity index (χ1v) is 11.8. The number of nitrogens with one attached hydrogen (secondary N) is 3. The summed E-state index contributed by atoms with van der Waals surface area (Å²) in [5.74, 6) is -0.0458. The zero-order valence-electron chi connectivity index (χ0n) is 19.1. The maximum absolute atomic E-state index is 12.8. The highest BCUT2D eigenvalue weighted by Gasteiger charge is 2.26. The van der Waals surface area contributed by atoms with Gasteiger partial charge in [0.15, 0.2) is 0 Å². The lowest BCUT2D eigenvalue weighted by molar-refractivity contribution is -0.122. The van der Waals surface area contributed by atoms with E-state index in [1.807, 2.05) is 43.3 Å². The van der Waals surface area contributed by atoms with Crippen molar-refractivity contribution >= 4 is 23.5 Å². The molecule has 1 heterocycles. The molecule has 7 nitrogen and oxygen atoms in total. The maximum Gasteiger partial charge on any atom is 0.321 e. The number of carbonyl (C=O) groups is 3. The number of likely N-dealkylation sites (tertiary alicyclic amines) is 1. The third-order valence-electron chi connectivity index (χ3n) is 6.28. The highest BCUT2D eigenvalue weighted by Crippen LogP contribution is 2.22. The average Bonchev–Trinajstić information content (AvgIpc) is 3.64. The number of rotatable bonds is 7. The summed E-state index contributed by atoms with van der Waals surface area (Å²) in [6.45, 7) is 3.07. The Balaban J connectivity index is 1.23. The Morgan fingerprint density at radius 2 is 1.61 bits per heavy atom. The molecule has 33 heavy (non-hydrogen) atoms. The lowest BCUT2D eigenvalue weighted by Crippen LogP contribution is -2.47. The summed E-state index contributed by atoms with van der Waals surface area (Å²) >= 11 is 0. The second-order valence-corrected chi connectivity index (χ2v) is 9.02. The third-order valence-corrected chi connectivity index (χ3v) is 6.28. The van der Waals surface area contributed by atoms with E-state index in [1.165, 1.54) is 0 Å². The van der Waals surface area contributed by atoms with Crippen LogP contribution in [0.1, 0.15) is 53.6 Å². The van der Waals surface area contributed by atoms with E-state index in [2.05, 4.69) is 16.0 Å². The zero-order valence-corrected chi connectivity index (χ0v) is 19.1. The van der Waals surface area contributed by atoms with Gasteiger partial charge in [-0.1, -0.05) is 36.4 Å². The van der Waals surface area contributed by atoms with Crippen LogP contribution in [-0.4, -0.2) is 47.9 Å². The number of hydrogen-bond acceptors (Lipinski definition) is 3. The molecule has 1 aliphatic carbocycles. The minimum Gasteiger partial charge on any atom is -0.353 e. The quantitative estimate of drug-likeness (QED) is 0.604. The van der Waals surface area contributed by atoms with Gasteiger partial charge in [0.1, 0.15) is 0 Å². The fourth-order valence-electron chi connectivity index (χ4n) is 4.02. The van der Waals surface area contributed by atoms with Crippen molar-refractivity contribution in [2.45, 2.75) is 57.5 Å². The lowest BCUT2D eigenvalue weighted by atomic mass is 10.0. The van der Waals surface area contributed by atoms with Gasteiger partial charge in [-0.2, -0.15) is 0 Å². The summed E-state index contributed by atoms with van der Waals surface area (Å²) < 4.78 is 0. The number of benzene rings is 2. The molecular formula is C26H32N4O3. The number of carbonyl (C=O) groups excluding carboxylic acids is 3. The van der Waals surface area contributed by atoms with Crippen LogP contribution >= 0.6 is 0 Å². The van der Waals surface area contributed by atoms with E-state index >= 15 is 0 Å². The molecule has 0 unspecified atom stereocenters. The molecule has 7 heteroatoms. The molecule has 1 saturated heterocycles. The summed E-state index contributed by atoms with van der Waals surface area (Å²) in [7, 11) is 0. The van der Waals surface area contributed by atoms with Crippen LogP contribution in [0.2, 0.25) is 0 Å². The van der Waals surface area contributed by atoms with Gasteiger partial charge in [-0.05, 0) is 62.3 Å². The third kappa shape index (κ3) is 6.57. The van der Waals surface area contributed by atoms with Gasteiger partial charge in [0.25, 0.3) is 5.91 Å². The monoisotopic (exact) mass is 448 g/mol. The van der Waals surface area contributed by atoms with Crippen LogP contribution in [-0.2, 0) is 11.2 Å². The van der Waals surface area contributed by atoms with Gasteiger partial charge < -0.3 is 20.9 Å². The minimum atomic E-state index is -0.174. The molecule has 0 atom stereocenters. The average molecular weight is 449 g/mol. The van der Waals surface area contributed by atoms with Crippen molar-refractivity contribution in [3.63, 3.8) is 0 Å². The van der Waals surface area contributed by atoms with Gasteiger partial charge in [-0.25, -0.2) is 4.79 Å². The molecule has 0 spiro atoms. The fraction of sp³-hybridized carbons (Fsp3) is 0.423. The van der Waals surface area contributed by atoms with Crippen molar-refractivity contribution in [3.8, 4) is 0 Å². The predicted molar refractivity (Wildman–Crippen MR) is 128 cm³/mol. The van der Waals surface area contributed by atoms with Crippen LogP contribution in [0.25, 0.3) is 0 Å². The Morgan fingerprint density at radius 3 is 2.30 bits per heavy atom. The number of amides is 4. The fourth-order valence-corrected chi connectivity index (χ4v) is 4.02. The molecule has 1 saturated carbocycles. The number of aryl methyl sites for hydroxylation is 2. The summed E-state index contributed by atoms with van der Waals surface area (Å²) in [4.78, 5) is 39.2. The number of hydrogen-bond donors (Lipinski definition) is 3. The summed E-state index contributed by atoms with van der Waals surface area (Å²) in [6, 6.07) is 15.6. The van der Waals surface area contributed by atoms with Gasteiger partial charge in [0.2, 0.25) is 5.91 Å². The standard InChI is InChI=1S/C26H32N4O3/c1-18-7-9-20(25(32)28-21-10-11-21)17-23(18)29-26(33)30-15-13-22(14-16-30)27-24(31)12-8-19-5-3-2-4-6-19/h2-7,9,17,21-22H,8,10-16H2,1H3,(H,27,31)(H,28,32)(H,29,33). The van der Waals surface area contributed by atoms with E-state index in [-0.39, 0.29) is 29.9 Å². The van der Waals surface area contributed by atoms with Crippen molar-refractivity contribution < 1.29 is 14.4 Å². The summed E-state index contributed by atoms with van der Waals surface area (Å²) in [5.41, 5.74) is 3.27. The molecule has 0 bridgehead atoms. The van der Waals surface area contributed by atoms with Crippen LogP contribution in [0.3, 0.4) is 0 Å². The molecule has 0 radical (unpaired) electrons. The Morgan fingerprint density at radius 1 is 0.909 bits per heavy atom. The second-order valence-electron chi connectivity index (χ2n) is 9.02. The van der Waals surface area contributed by atoms with Gasteiger partial charge in [-0.15, -0.1) is 0 Å². The number of piperidine rings is 1. The first-order chi connectivity index (χ1) is 16.0. The van der Waals surface area contributed by atoms with Crippen LogP contribution in [0.5, 0.6) is 0 Å². The van der Waals surface area contributed by atoms with Crippen molar-refractivity contribution in [1.29, 1.82) is 0 Å². The first kappa shape index (κ1) is 22.8. The van der Waals surface area contributed by atoms with Gasteiger partial charge in [0.05, 0.1) is 0 Å². The molecule has 1 aliphatic heterocycles. The molecule has 4 rings (SSSR count). The zero-order chi connectivity index (χ0) is 23.2. The first-order valence-electron chi connectivity index (χ1n) is 11.8. The topological polar surface area (TPSA) is 90.5 Å². The van der Waals surface area contributed by atoms with E-state index in [9.17, 15) is 14.4 Å². The highest BCUT2D eigenvalue weighted by molar-refractivity contribution is 5.97. The van der Waals surface area contributed by atoms with Crippen molar-refractivity contribution in [2.75, 3.05) is 18.4 Å². The number of urea groups is 1. The highest BCUT2D eigenvalue weighted by atomic mass is 16.2. The Kier molecular flexibility index (Phi) is 7.27. The molecular weight excluding hydrogens is 416 g/mol. The van der Waals surface area contributed by atoms with E-state index in [1.54, 1.807) is 17.0 Å². The van der Waals surface area contributed by atoms with Crippen LogP contribution < -0.4 is 16.0 Å². The molecule has 174 valence electrons. The molecule has 0 aromatic heterocycles. The molecule has 2 fully saturated rings. The minimum absolute atomic E-state index is 0.0543. The van der Waals surface area contributed by atoms with Gasteiger partial charge in [-0.3, -0.25) is 9.59 Å². The molecule has 2 aromatic rings. The van der Waals surface area contributed by atoms with Crippen LogP contribution in [0.15, 0.2) is 48.5 Å². The summed E-state index contributed by atoms with van der Waals surface area (Å²) in [5, 5.41) is 9.04. The SMILES string of the molecule is Cc1ccc(C(=O)NC2CC2)cc1NC(=O)N1CCC(NC(=O)CCc2ccccc2)CC1. The van der Waals surface area contributed by atoms with Crippen molar-refractivity contribution in [2.24, 2.45) is 0 Å². The maximum atomic E-state index is 12.8. The largest absolute Gasteiger partial charge is 0.353 e. The van der Waals surface area contributed by atoms with E-state index in [4.69, 9.17) is 0 Å². The van der Waals surface area contributed by atoms with E-state index in [0.717, 1.165) is 43.2 Å². The van der Waals surface area contributed by atoms with Crippen LogP contribution in [0, 0.1) is 6.92 Å². The Bertz CT molecular complexity index is 996. The smallest absolute Gasteiger partial charge is 0.321 e. The normalized spacial score (nSPS) is 16.2. The number of nitrogens with zero attached hydrogens (tertiary/aromatic N) is 1. The van der Waals surface area contributed by atoms with E-state index in [0.29, 0.717) is 30.8 Å². The molecule has 2 aromatic carbocycles. The van der Waals surface area contributed by atoms with Gasteiger partial charge >= 0.3 is 6.03 Å². The second kappa shape index (κ2) is 10.5. The van der Waals surface area contributed by atoms with Crippen molar-refractivity contribution in [3.05, 3.63) is 65.2 Å². The molecule has 3 N–H and O–H groups in total. The van der Waals surface area contributed by atoms with Crippen LogP contribution in [0.4, 0.5) is 10.5 Å². The Hall–Kier alpha value is -3.35. The molecule has 4 amide bonds. The number of anilines is 1.